The van der Waals surface area contributed by atoms with Crippen LogP contribution in [0.1, 0.15) is 61.0 Å². The predicted octanol–water partition coefficient (Wildman–Crippen LogP) is 4.41. The average Bonchev–Trinajstić information content (AvgIpc) is 3.05. The third-order valence-corrected chi connectivity index (χ3v) is 6.02. The molecular weight excluding hydrogens is 424 g/mol. The van der Waals surface area contributed by atoms with E-state index in [2.05, 4.69) is 27.7 Å². The molecule has 178 valence electrons. The lowest BCUT2D eigenvalue weighted by Crippen LogP contribution is -2.49. The molecule has 5 nitrogen and oxygen atoms in total. The minimum Gasteiger partial charge on any atom is -0.350 e. The molecule has 0 aromatic heterocycles. The first-order valence-corrected chi connectivity index (χ1v) is 11.7. The first-order chi connectivity index (χ1) is 15.8. The summed E-state index contributed by atoms with van der Waals surface area (Å²) >= 11 is 0. The number of rotatable bonds is 8. The van der Waals surface area contributed by atoms with Crippen LogP contribution in [0.25, 0.3) is 0 Å². The van der Waals surface area contributed by atoms with Gasteiger partial charge in [-0.1, -0.05) is 57.0 Å². The number of carbonyl (C=O) groups is 2. The fraction of sp³-hybridized carbons (Fsp3) is 0.462. The van der Waals surface area contributed by atoms with Crippen molar-refractivity contribution in [3.05, 3.63) is 70.8 Å². The molecule has 1 aliphatic rings. The van der Waals surface area contributed by atoms with Gasteiger partial charge in [-0.05, 0) is 55.1 Å². The third kappa shape index (κ3) is 7.09. The van der Waals surface area contributed by atoms with Gasteiger partial charge in [-0.2, -0.15) is 0 Å². The van der Waals surface area contributed by atoms with E-state index in [0.717, 1.165) is 37.3 Å². The van der Waals surface area contributed by atoms with Crippen molar-refractivity contribution in [3.63, 3.8) is 0 Å². The van der Waals surface area contributed by atoms with Crippen molar-refractivity contribution < 1.29 is 18.4 Å². The van der Waals surface area contributed by atoms with Crippen LogP contribution >= 0.6 is 0 Å². The van der Waals surface area contributed by atoms with Crippen molar-refractivity contribution in [3.8, 4) is 0 Å². The Balaban J connectivity index is 1.55. The van der Waals surface area contributed by atoms with Crippen LogP contribution in [0, 0.1) is 17.6 Å². The number of nitrogens with zero attached hydrogens (tertiary/aromatic N) is 1. The number of amides is 2. The molecule has 0 radical (unpaired) electrons. The smallest absolute Gasteiger partial charge is 0.257 e. The highest BCUT2D eigenvalue weighted by Gasteiger charge is 2.27. The van der Waals surface area contributed by atoms with Crippen LogP contribution < -0.4 is 10.6 Å². The molecule has 2 aromatic rings. The predicted molar refractivity (Wildman–Crippen MR) is 124 cm³/mol. The normalized spacial score (nSPS) is 15.7. The minimum atomic E-state index is -0.962. The number of hydrogen-bond acceptors (Lipinski definition) is 3. The molecule has 0 bridgehead atoms. The van der Waals surface area contributed by atoms with Crippen molar-refractivity contribution in [2.24, 2.45) is 5.92 Å². The number of benzene rings is 2. The lowest BCUT2D eigenvalue weighted by atomic mass is 10.0. The summed E-state index contributed by atoms with van der Waals surface area (Å²) in [4.78, 5) is 27.6. The molecule has 1 fully saturated rings. The highest BCUT2D eigenvalue weighted by molar-refractivity contribution is 5.98. The maximum Gasteiger partial charge on any atom is 0.257 e. The average molecular weight is 458 g/mol. The van der Waals surface area contributed by atoms with Gasteiger partial charge in [-0.25, -0.2) is 8.78 Å². The number of carbonyl (C=O) groups excluding carboxylic acids is 2. The summed E-state index contributed by atoms with van der Waals surface area (Å²) in [6.07, 6.45) is 5.12. The SMILES string of the molecule is CC(C)[C@H](NC(=O)c1c(F)cccc1F)C(=O)NCc1ccc(CN2CCCCCC2)cc1. The van der Waals surface area contributed by atoms with Gasteiger partial charge in [0.2, 0.25) is 5.91 Å². The van der Waals surface area contributed by atoms with E-state index in [0.29, 0.717) is 6.54 Å². The van der Waals surface area contributed by atoms with E-state index < -0.39 is 35.1 Å². The molecule has 2 aromatic carbocycles. The van der Waals surface area contributed by atoms with Crippen molar-refractivity contribution in [2.45, 2.75) is 58.7 Å². The zero-order valence-electron chi connectivity index (χ0n) is 19.4. The highest BCUT2D eigenvalue weighted by atomic mass is 19.1. The number of likely N-dealkylation sites (tertiary alicyclic amines) is 1. The van der Waals surface area contributed by atoms with Gasteiger partial charge < -0.3 is 10.6 Å². The Hall–Kier alpha value is -2.80. The van der Waals surface area contributed by atoms with E-state index in [1.165, 1.54) is 37.3 Å². The number of nitrogens with one attached hydrogen (secondary N) is 2. The van der Waals surface area contributed by atoms with Crippen LogP contribution in [0.15, 0.2) is 42.5 Å². The van der Waals surface area contributed by atoms with E-state index in [4.69, 9.17) is 0 Å². The van der Waals surface area contributed by atoms with Gasteiger partial charge >= 0.3 is 0 Å². The van der Waals surface area contributed by atoms with Gasteiger partial charge in [0.25, 0.3) is 5.91 Å². The van der Waals surface area contributed by atoms with E-state index in [9.17, 15) is 18.4 Å². The lowest BCUT2D eigenvalue weighted by molar-refractivity contribution is -0.124. The molecule has 3 rings (SSSR count). The Morgan fingerprint density at radius 3 is 2.06 bits per heavy atom. The molecule has 0 spiro atoms. The second-order valence-electron chi connectivity index (χ2n) is 9.02. The van der Waals surface area contributed by atoms with Gasteiger partial charge in [-0.3, -0.25) is 14.5 Å². The topological polar surface area (TPSA) is 61.4 Å². The Labute approximate surface area is 194 Å². The first-order valence-electron chi connectivity index (χ1n) is 11.7. The summed E-state index contributed by atoms with van der Waals surface area (Å²) in [5.74, 6) is -3.53. The monoisotopic (exact) mass is 457 g/mol. The molecule has 0 aliphatic carbocycles. The van der Waals surface area contributed by atoms with Crippen LogP contribution in [0.2, 0.25) is 0 Å². The maximum absolute atomic E-state index is 13.9. The second kappa shape index (κ2) is 11.9. The van der Waals surface area contributed by atoms with E-state index in [-0.39, 0.29) is 5.92 Å². The van der Waals surface area contributed by atoms with Gasteiger partial charge in [0.1, 0.15) is 23.2 Å². The molecule has 0 saturated carbocycles. The standard InChI is InChI=1S/C26H33F2N3O2/c1-18(2)24(30-25(32)23-21(27)8-7-9-22(23)28)26(33)29-16-19-10-12-20(13-11-19)17-31-14-5-3-4-6-15-31/h7-13,18,24H,3-6,14-17H2,1-2H3,(H,29,33)(H,30,32)/t24-/m0/s1. The number of halogens is 2. The Bertz CT molecular complexity index is 919. The van der Waals surface area contributed by atoms with Crippen LogP contribution in [0.3, 0.4) is 0 Å². The lowest BCUT2D eigenvalue weighted by Gasteiger charge is -2.22. The molecule has 1 heterocycles. The van der Waals surface area contributed by atoms with Gasteiger partial charge in [0.05, 0.1) is 0 Å². The van der Waals surface area contributed by atoms with E-state index in [1.54, 1.807) is 13.8 Å². The molecule has 1 saturated heterocycles. The van der Waals surface area contributed by atoms with E-state index >= 15 is 0 Å². The molecule has 1 atom stereocenters. The summed E-state index contributed by atoms with van der Waals surface area (Å²) in [6, 6.07) is 10.4. The quantitative estimate of drug-likeness (QED) is 0.617. The maximum atomic E-state index is 13.9. The van der Waals surface area contributed by atoms with Crippen molar-refractivity contribution in [1.82, 2.24) is 15.5 Å². The van der Waals surface area contributed by atoms with E-state index in [1.807, 2.05) is 12.1 Å². The fourth-order valence-electron chi connectivity index (χ4n) is 4.08. The Kier molecular flexibility index (Phi) is 8.95. The van der Waals surface area contributed by atoms with Crippen molar-refractivity contribution in [1.29, 1.82) is 0 Å². The Morgan fingerprint density at radius 2 is 1.48 bits per heavy atom. The molecule has 7 heteroatoms. The highest BCUT2D eigenvalue weighted by Crippen LogP contribution is 2.15. The van der Waals surface area contributed by atoms with Crippen molar-refractivity contribution >= 4 is 11.8 Å². The number of hydrogen-bond donors (Lipinski definition) is 2. The molecule has 1 aliphatic heterocycles. The first kappa shape index (κ1) is 24.8. The summed E-state index contributed by atoms with van der Waals surface area (Å²) in [6.45, 7) is 7.03. The van der Waals surface area contributed by atoms with Crippen LogP contribution in [-0.2, 0) is 17.9 Å². The van der Waals surface area contributed by atoms with Crippen LogP contribution in [0.5, 0.6) is 0 Å². The van der Waals surface area contributed by atoms with Crippen LogP contribution in [-0.4, -0.2) is 35.8 Å². The third-order valence-electron chi connectivity index (χ3n) is 6.02. The zero-order chi connectivity index (χ0) is 23.8. The summed E-state index contributed by atoms with van der Waals surface area (Å²) in [7, 11) is 0. The molecule has 33 heavy (non-hydrogen) atoms. The van der Waals surface area contributed by atoms with Crippen molar-refractivity contribution in [2.75, 3.05) is 13.1 Å². The molecular formula is C26H33F2N3O2. The molecule has 2 N–H and O–H groups in total. The summed E-state index contributed by atoms with van der Waals surface area (Å²) in [5.41, 5.74) is 1.50. The van der Waals surface area contributed by atoms with Crippen LogP contribution in [0.4, 0.5) is 8.78 Å². The van der Waals surface area contributed by atoms with Gasteiger partial charge in [-0.15, -0.1) is 0 Å². The van der Waals surface area contributed by atoms with Gasteiger partial charge in [0.15, 0.2) is 0 Å². The molecule has 0 unspecified atom stereocenters. The summed E-state index contributed by atoms with van der Waals surface area (Å²) < 4.78 is 27.8. The van der Waals surface area contributed by atoms with Gasteiger partial charge in [0, 0.05) is 13.1 Å². The fourth-order valence-corrected chi connectivity index (χ4v) is 4.08. The minimum absolute atomic E-state index is 0.264. The Morgan fingerprint density at radius 1 is 0.909 bits per heavy atom. The second-order valence-corrected chi connectivity index (χ2v) is 9.02. The summed E-state index contributed by atoms with van der Waals surface area (Å²) in [5, 5.41) is 5.30. The zero-order valence-corrected chi connectivity index (χ0v) is 19.4. The molecule has 2 amide bonds. The largest absolute Gasteiger partial charge is 0.350 e.